The number of nitrogens with one attached hydrogen (secondary N) is 4. The maximum absolute atomic E-state index is 13.8. The van der Waals surface area contributed by atoms with E-state index in [-0.39, 0.29) is 36.5 Å². The maximum atomic E-state index is 13.8. The van der Waals surface area contributed by atoms with Crippen LogP contribution in [0, 0.1) is 0 Å². The van der Waals surface area contributed by atoms with Gasteiger partial charge >= 0.3 is 5.97 Å². The van der Waals surface area contributed by atoms with Crippen LogP contribution in [0.2, 0.25) is 0 Å². The second-order valence-corrected chi connectivity index (χ2v) is 12.1. The van der Waals surface area contributed by atoms with E-state index in [9.17, 15) is 54.6 Å². The first-order valence-corrected chi connectivity index (χ1v) is 15.9. The van der Waals surface area contributed by atoms with Gasteiger partial charge in [-0.1, -0.05) is 36.4 Å². The SMILES string of the molecule is C[C@@H](O)[C@H](N)C(=O)N[C@@H](Cc1ccc(O)cc1)C(=O)N[C@@H](Cc1ccc(O)cc1)C(=O)N[C@H](C(=O)N[C@@H](Cc1ccc(O)cc1)C(=O)O)[C@@H](C)O. The third kappa shape index (κ3) is 12.3. The topological polar surface area (TPSA) is 281 Å². The van der Waals surface area contributed by atoms with Crippen molar-refractivity contribution in [3.8, 4) is 17.2 Å². The Labute approximate surface area is 293 Å². The molecule has 12 N–H and O–H groups in total. The Bertz CT molecular complexity index is 1650. The van der Waals surface area contributed by atoms with Crippen LogP contribution in [-0.4, -0.2) is 103 Å². The summed E-state index contributed by atoms with van der Waals surface area (Å²) in [6.07, 6.45) is -3.31. The number of hydrogen-bond acceptors (Lipinski definition) is 11. The molecule has 3 rings (SSSR count). The Kier molecular flexibility index (Phi) is 14.3. The zero-order valence-corrected chi connectivity index (χ0v) is 27.9. The minimum atomic E-state index is -1.69. The first-order valence-electron chi connectivity index (χ1n) is 15.9. The van der Waals surface area contributed by atoms with E-state index in [4.69, 9.17) is 5.73 Å². The summed E-state index contributed by atoms with van der Waals surface area (Å²) in [5.41, 5.74) is 7.21. The summed E-state index contributed by atoms with van der Waals surface area (Å²) in [6.45, 7) is 2.49. The molecule has 274 valence electrons. The van der Waals surface area contributed by atoms with Gasteiger partial charge in [0.25, 0.3) is 0 Å². The molecule has 0 unspecified atom stereocenters. The first kappa shape index (κ1) is 39.7. The van der Waals surface area contributed by atoms with E-state index in [0.29, 0.717) is 16.7 Å². The first-order chi connectivity index (χ1) is 24.0. The van der Waals surface area contributed by atoms with Crippen molar-refractivity contribution < 1.29 is 54.6 Å². The number of aliphatic hydroxyl groups excluding tert-OH is 2. The molecule has 0 aliphatic heterocycles. The van der Waals surface area contributed by atoms with Gasteiger partial charge in [0.1, 0.15) is 47.5 Å². The fraction of sp³-hybridized carbons (Fsp3) is 0.343. The molecular formula is C35H43N5O11. The highest BCUT2D eigenvalue weighted by Crippen LogP contribution is 2.15. The van der Waals surface area contributed by atoms with Gasteiger partial charge in [0.05, 0.1) is 12.2 Å². The van der Waals surface area contributed by atoms with Gasteiger partial charge in [-0.25, -0.2) is 4.79 Å². The van der Waals surface area contributed by atoms with Crippen LogP contribution < -0.4 is 27.0 Å². The molecule has 16 heteroatoms. The summed E-state index contributed by atoms with van der Waals surface area (Å²) < 4.78 is 0. The number of hydrogen-bond donors (Lipinski definition) is 11. The number of carbonyl (C=O) groups excluding carboxylic acids is 4. The molecule has 0 aliphatic carbocycles. The summed E-state index contributed by atoms with van der Waals surface area (Å²) >= 11 is 0. The Hall–Kier alpha value is -5.71. The van der Waals surface area contributed by atoms with Gasteiger partial charge in [-0.3, -0.25) is 19.2 Å². The van der Waals surface area contributed by atoms with Crippen LogP contribution >= 0.6 is 0 Å². The molecule has 0 bridgehead atoms. The number of phenols is 3. The van der Waals surface area contributed by atoms with E-state index in [0.717, 1.165) is 0 Å². The van der Waals surface area contributed by atoms with Crippen molar-refractivity contribution in [2.45, 2.75) is 75.5 Å². The highest BCUT2D eigenvalue weighted by atomic mass is 16.4. The molecule has 16 nitrogen and oxygen atoms in total. The average molecular weight is 710 g/mol. The number of carbonyl (C=O) groups is 5. The highest BCUT2D eigenvalue weighted by molar-refractivity contribution is 5.96. The molecule has 0 saturated heterocycles. The van der Waals surface area contributed by atoms with Crippen LogP contribution in [0.5, 0.6) is 17.2 Å². The van der Waals surface area contributed by atoms with Crippen LogP contribution in [0.25, 0.3) is 0 Å². The molecule has 0 aromatic heterocycles. The summed E-state index contributed by atoms with van der Waals surface area (Å²) in [4.78, 5) is 65.6. The molecule has 0 radical (unpaired) electrons. The molecule has 7 atom stereocenters. The lowest BCUT2D eigenvalue weighted by atomic mass is 10.0. The van der Waals surface area contributed by atoms with Crippen molar-refractivity contribution in [1.29, 1.82) is 0 Å². The highest BCUT2D eigenvalue weighted by Gasteiger charge is 2.34. The lowest BCUT2D eigenvalue weighted by Crippen LogP contribution is -2.61. The number of amides is 4. The smallest absolute Gasteiger partial charge is 0.326 e. The summed E-state index contributed by atoms with van der Waals surface area (Å²) in [5.74, 6) is -5.29. The molecule has 4 amide bonds. The second-order valence-electron chi connectivity index (χ2n) is 12.1. The fourth-order valence-corrected chi connectivity index (χ4v) is 4.90. The van der Waals surface area contributed by atoms with E-state index in [1.165, 1.54) is 86.6 Å². The van der Waals surface area contributed by atoms with Gasteiger partial charge in [-0.2, -0.15) is 0 Å². The zero-order chi connectivity index (χ0) is 37.8. The Morgan fingerprint density at radius 3 is 1.22 bits per heavy atom. The molecule has 51 heavy (non-hydrogen) atoms. The molecule has 0 fully saturated rings. The lowest BCUT2D eigenvalue weighted by molar-refractivity contribution is -0.143. The van der Waals surface area contributed by atoms with E-state index < -0.39 is 72.0 Å². The van der Waals surface area contributed by atoms with Gasteiger partial charge in [0.2, 0.25) is 23.6 Å². The minimum Gasteiger partial charge on any atom is -0.508 e. The normalized spacial score (nSPS) is 15.2. The van der Waals surface area contributed by atoms with E-state index in [1.54, 1.807) is 0 Å². The Morgan fingerprint density at radius 2 is 0.863 bits per heavy atom. The number of aromatic hydroxyl groups is 3. The van der Waals surface area contributed by atoms with E-state index >= 15 is 0 Å². The standard InChI is InChI=1S/C35H43N5O11/c1-18(41)29(36)33(48)38-26(15-20-3-9-23(43)10-4-20)31(46)37-27(16-21-5-11-24(44)12-6-21)32(47)40-30(19(2)42)34(49)39-28(35(50)51)17-22-7-13-25(45)14-8-22/h3-14,18-19,26-30,41-45H,15-17,36H2,1-2H3,(H,37,46)(H,38,48)(H,39,49)(H,40,47)(H,50,51)/t18-,19-,26+,27+,28+,29+,30+/m1/s1. The molecule has 0 heterocycles. The van der Waals surface area contributed by atoms with Crippen LogP contribution in [0.1, 0.15) is 30.5 Å². The number of aliphatic hydroxyl groups is 2. The number of rotatable bonds is 17. The Morgan fingerprint density at radius 1 is 0.529 bits per heavy atom. The third-order valence-electron chi connectivity index (χ3n) is 7.89. The number of carboxylic acids is 1. The Balaban J connectivity index is 1.87. The minimum absolute atomic E-state index is 0.0436. The van der Waals surface area contributed by atoms with Crippen LogP contribution in [0.15, 0.2) is 72.8 Å². The predicted molar refractivity (Wildman–Crippen MR) is 182 cm³/mol. The molecule has 0 saturated carbocycles. The van der Waals surface area contributed by atoms with Crippen molar-refractivity contribution in [3.05, 3.63) is 89.5 Å². The largest absolute Gasteiger partial charge is 0.508 e. The third-order valence-corrected chi connectivity index (χ3v) is 7.89. The van der Waals surface area contributed by atoms with Crippen LogP contribution in [0.4, 0.5) is 0 Å². The van der Waals surface area contributed by atoms with Crippen molar-refractivity contribution in [3.63, 3.8) is 0 Å². The molecule has 0 aliphatic rings. The summed E-state index contributed by atoms with van der Waals surface area (Å²) in [6, 6.07) is 9.69. The predicted octanol–water partition coefficient (Wildman–Crippen LogP) is -1.06. The summed E-state index contributed by atoms with van der Waals surface area (Å²) in [7, 11) is 0. The number of carboxylic acid groups (broad SMARTS) is 1. The fourth-order valence-electron chi connectivity index (χ4n) is 4.90. The number of benzene rings is 3. The average Bonchev–Trinajstić information content (AvgIpc) is 3.08. The van der Waals surface area contributed by atoms with Crippen molar-refractivity contribution in [2.75, 3.05) is 0 Å². The molecule has 0 spiro atoms. The van der Waals surface area contributed by atoms with Crippen molar-refractivity contribution in [2.24, 2.45) is 5.73 Å². The van der Waals surface area contributed by atoms with Gasteiger partial charge < -0.3 is 57.6 Å². The van der Waals surface area contributed by atoms with Gasteiger partial charge in [-0.15, -0.1) is 0 Å². The number of nitrogens with two attached hydrogens (primary N) is 1. The summed E-state index contributed by atoms with van der Waals surface area (Å²) in [5, 5.41) is 68.7. The lowest BCUT2D eigenvalue weighted by Gasteiger charge is -2.28. The van der Waals surface area contributed by atoms with Crippen LogP contribution in [-0.2, 0) is 43.2 Å². The van der Waals surface area contributed by atoms with E-state index in [1.807, 2.05) is 0 Å². The second kappa shape index (κ2) is 18.3. The maximum Gasteiger partial charge on any atom is 0.326 e. The van der Waals surface area contributed by atoms with E-state index in [2.05, 4.69) is 21.3 Å². The molecule has 3 aromatic carbocycles. The monoisotopic (exact) mass is 709 g/mol. The van der Waals surface area contributed by atoms with Crippen LogP contribution in [0.3, 0.4) is 0 Å². The molecular weight excluding hydrogens is 666 g/mol. The van der Waals surface area contributed by atoms with Gasteiger partial charge in [-0.05, 0) is 66.9 Å². The molecule has 3 aromatic rings. The van der Waals surface area contributed by atoms with Gasteiger partial charge in [0, 0.05) is 19.3 Å². The number of aliphatic carboxylic acids is 1. The van der Waals surface area contributed by atoms with Gasteiger partial charge in [0.15, 0.2) is 0 Å². The quantitative estimate of drug-likeness (QED) is 0.0801. The zero-order valence-electron chi connectivity index (χ0n) is 27.9. The number of phenolic OH excluding ortho intramolecular Hbond substituents is 3. The van der Waals surface area contributed by atoms with Crippen molar-refractivity contribution >= 4 is 29.6 Å². The van der Waals surface area contributed by atoms with Crippen molar-refractivity contribution in [1.82, 2.24) is 21.3 Å².